The fourth-order valence-electron chi connectivity index (χ4n) is 3.01. The SMILES string of the molecule is CCNC(=NCc1ccc(C)cc1)NCC(C)CN1CCN(C)CC1.I. The van der Waals surface area contributed by atoms with Crippen LogP contribution in [0.5, 0.6) is 0 Å². The Balaban J connectivity index is 0.00000338. The molecule has 1 fully saturated rings. The molecule has 1 aromatic carbocycles. The standard InChI is InChI=1S/C20H35N5.HI/c1-5-21-20(23-15-19-8-6-17(2)7-9-19)22-14-18(3)16-25-12-10-24(4)11-13-25;/h6-9,18H,5,10-16H2,1-4H3,(H2,21,22,23);1H. The minimum atomic E-state index is 0. The molecule has 0 amide bonds. The second-order valence-electron chi connectivity index (χ2n) is 7.27. The summed E-state index contributed by atoms with van der Waals surface area (Å²) in [5.74, 6) is 1.51. The molecule has 148 valence electrons. The molecule has 1 aromatic rings. The van der Waals surface area contributed by atoms with E-state index >= 15 is 0 Å². The first-order valence-electron chi connectivity index (χ1n) is 9.55. The summed E-state index contributed by atoms with van der Waals surface area (Å²) in [6, 6.07) is 8.59. The molecule has 6 heteroatoms. The summed E-state index contributed by atoms with van der Waals surface area (Å²) in [6.07, 6.45) is 0. The van der Waals surface area contributed by atoms with Gasteiger partial charge in [0.2, 0.25) is 0 Å². The van der Waals surface area contributed by atoms with E-state index in [1.165, 1.54) is 37.3 Å². The molecule has 0 saturated carbocycles. The highest BCUT2D eigenvalue weighted by molar-refractivity contribution is 14.0. The molecule has 1 atom stereocenters. The number of likely N-dealkylation sites (N-methyl/N-ethyl adjacent to an activating group) is 1. The van der Waals surface area contributed by atoms with Gasteiger partial charge in [0, 0.05) is 45.8 Å². The summed E-state index contributed by atoms with van der Waals surface area (Å²) in [7, 11) is 2.20. The van der Waals surface area contributed by atoms with E-state index in [0.29, 0.717) is 12.5 Å². The fraction of sp³-hybridized carbons (Fsp3) is 0.650. The van der Waals surface area contributed by atoms with Gasteiger partial charge >= 0.3 is 0 Å². The number of benzene rings is 1. The highest BCUT2D eigenvalue weighted by atomic mass is 127. The van der Waals surface area contributed by atoms with E-state index in [4.69, 9.17) is 4.99 Å². The Bertz CT molecular complexity index is 524. The summed E-state index contributed by atoms with van der Waals surface area (Å²) in [5.41, 5.74) is 2.53. The molecule has 26 heavy (non-hydrogen) atoms. The molecule has 0 bridgehead atoms. The lowest BCUT2D eigenvalue weighted by molar-refractivity contribution is 0.139. The Morgan fingerprint density at radius 2 is 1.77 bits per heavy atom. The smallest absolute Gasteiger partial charge is 0.191 e. The van der Waals surface area contributed by atoms with E-state index in [-0.39, 0.29) is 24.0 Å². The lowest BCUT2D eigenvalue weighted by Crippen LogP contribution is -2.47. The van der Waals surface area contributed by atoms with Gasteiger partial charge < -0.3 is 20.4 Å². The van der Waals surface area contributed by atoms with Gasteiger partial charge in [-0.25, -0.2) is 4.99 Å². The topological polar surface area (TPSA) is 42.9 Å². The largest absolute Gasteiger partial charge is 0.357 e. The fourth-order valence-corrected chi connectivity index (χ4v) is 3.01. The zero-order valence-corrected chi connectivity index (χ0v) is 19.1. The maximum atomic E-state index is 4.72. The van der Waals surface area contributed by atoms with Crippen LogP contribution in [0.25, 0.3) is 0 Å². The molecule has 0 aliphatic carbocycles. The van der Waals surface area contributed by atoms with Crippen molar-refractivity contribution in [3.05, 3.63) is 35.4 Å². The van der Waals surface area contributed by atoms with Crippen molar-refractivity contribution >= 4 is 29.9 Å². The van der Waals surface area contributed by atoms with Gasteiger partial charge in [-0.15, -0.1) is 24.0 Å². The minimum absolute atomic E-state index is 0. The van der Waals surface area contributed by atoms with Crippen LogP contribution in [-0.2, 0) is 6.54 Å². The lowest BCUT2D eigenvalue weighted by Gasteiger charge is -2.34. The van der Waals surface area contributed by atoms with Crippen molar-refractivity contribution in [3.8, 4) is 0 Å². The van der Waals surface area contributed by atoms with Crippen LogP contribution in [0.2, 0.25) is 0 Å². The van der Waals surface area contributed by atoms with Crippen molar-refractivity contribution in [3.63, 3.8) is 0 Å². The first-order valence-corrected chi connectivity index (χ1v) is 9.55. The van der Waals surface area contributed by atoms with Crippen LogP contribution >= 0.6 is 24.0 Å². The molecule has 5 nitrogen and oxygen atoms in total. The van der Waals surface area contributed by atoms with E-state index in [9.17, 15) is 0 Å². The van der Waals surface area contributed by atoms with Crippen LogP contribution < -0.4 is 10.6 Å². The zero-order chi connectivity index (χ0) is 18.1. The van der Waals surface area contributed by atoms with Gasteiger partial charge in [-0.05, 0) is 32.4 Å². The van der Waals surface area contributed by atoms with E-state index in [0.717, 1.165) is 25.6 Å². The van der Waals surface area contributed by atoms with Crippen LogP contribution in [0.4, 0.5) is 0 Å². The summed E-state index contributed by atoms with van der Waals surface area (Å²) in [5, 5.41) is 6.85. The van der Waals surface area contributed by atoms with Gasteiger partial charge in [-0.1, -0.05) is 36.8 Å². The summed E-state index contributed by atoms with van der Waals surface area (Å²) >= 11 is 0. The van der Waals surface area contributed by atoms with E-state index < -0.39 is 0 Å². The normalized spacial score (nSPS) is 17.5. The first kappa shape index (κ1) is 23.2. The van der Waals surface area contributed by atoms with Gasteiger partial charge in [0.15, 0.2) is 5.96 Å². The third-order valence-electron chi connectivity index (χ3n) is 4.67. The van der Waals surface area contributed by atoms with Crippen molar-refractivity contribution in [1.29, 1.82) is 0 Å². The number of hydrogen-bond donors (Lipinski definition) is 2. The molecule has 2 rings (SSSR count). The Labute approximate surface area is 176 Å². The molecule has 2 N–H and O–H groups in total. The van der Waals surface area contributed by atoms with Gasteiger partial charge in [0.1, 0.15) is 0 Å². The second kappa shape index (κ2) is 12.5. The predicted octanol–water partition coefficient (Wildman–Crippen LogP) is 2.55. The first-order chi connectivity index (χ1) is 12.1. The molecule has 1 unspecified atom stereocenters. The Morgan fingerprint density at radius 3 is 2.38 bits per heavy atom. The van der Waals surface area contributed by atoms with E-state index in [2.05, 4.69) is 72.5 Å². The number of aliphatic imine (C=N–C) groups is 1. The number of guanidine groups is 1. The molecule has 1 aliphatic heterocycles. The lowest BCUT2D eigenvalue weighted by atomic mass is 10.1. The molecular weight excluding hydrogens is 437 g/mol. The van der Waals surface area contributed by atoms with Crippen LogP contribution in [-0.4, -0.2) is 68.6 Å². The van der Waals surface area contributed by atoms with Crippen molar-refractivity contribution in [2.75, 3.05) is 52.9 Å². The minimum Gasteiger partial charge on any atom is -0.357 e. The highest BCUT2D eigenvalue weighted by Gasteiger charge is 2.16. The molecular formula is C20H36IN5. The predicted molar refractivity (Wildman–Crippen MR) is 123 cm³/mol. The number of hydrogen-bond acceptors (Lipinski definition) is 3. The third-order valence-corrected chi connectivity index (χ3v) is 4.67. The average molecular weight is 473 g/mol. The third kappa shape index (κ3) is 8.68. The number of nitrogens with one attached hydrogen (secondary N) is 2. The van der Waals surface area contributed by atoms with Gasteiger partial charge in [0.25, 0.3) is 0 Å². The van der Waals surface area contributed by atoms with Crippen molar-refractivity contribution < 1.29 is 0 Å². The monoisotopic (exact) mass is 473 g/mol. The second-order valence-corrected chi connectivity index (χ2v) is 7.27. The van der Waals surface area contributed by atoms with Crippen LogP contribution in [0.15, 0.2) is 29.3 Å². The summed E-state index contributed by atoms with van der Waals surface area (Å²) in [4.78, 5) is 9.69. The zero-order valence-electron chi connectivity index (χ0n) is 16.8. The number of halogens is 1. The maximum Gasteiger partial charge on any atom is 0.191 e. The maximum absolute atomic E-state index is 4.72. The van der Waals surface area contributed by atoms with Crippen LogP contribution in [0, 0.1) is 12.8 Å². The van der Waals surface area contributed by atoms with Crippen LogP contribution in [0.1, 0.15) is 25.0 Å². The van der Waals surface area contributed by atoms with E-state index in [1.807, 2.05) is 0 Å². The van der Waals surface area contributed by atoms with Gasteiger partial charge in [-0.3, -0.25) is 0 Å². The number of nitrogens with zero attached hydrogens (tertiary/aromatic N) is 3. The summed E-state index contributed by atoms with van der Waals surface area (Å²) in [6.45, 7) is 15.0. The molecule has 0 aromatic heterocycles. The molecule has 1 aliphatic rings. The Morgan fingerprint density at radius 1 is 1.12 bits per heavy atom. The van der Waals surface area contributed by atoms with E-state index in [1.54, 1.807) is 0 Å². The van der Waals surface area contributed by atoms with Crippen molar-refractivity contribution in [2.24, 2.45) is 10.9 Å². The van der Waals surface area contributed by atoms with Crippen molar-refractivity contribution in [1.82, 2.24) is 20.4 Å². The Kier molecular flexibility index (Phi) is 11.2. The number of rotatable bonds is 7. The molecule has 1 saturated heterocycles. The number of aryl methyl sites for hydroxylation is 1. The highest BCUT2D eigenvalue weighted by Crippen LogP contribution is 2.05. The van der Waals surface area contributed by atoms with Gasteiger partial charge in [0.05, 0.1) is 6.54 Å². The van der Waals surface area contributed by atoms with Crippen molar-refractivity contribution in [2.45, 2.75) is 27.3 Å². The van der Waals surface area contributed by atoms with Gasteiger partial charge in [-0.2, -0.15) is 0 Å². The molecule has 1 heterocycles. The molecule has 0 spiro atoms. The number of piperazine rings is 1. The average Bonchev–Trinajstić information content (AvgIpc) is 2.61. The molecule has 0 radical (unpaired) electrons. The quantitative estimate of drug-likeness (QED) is 0.363. The summed E-state index contributed by atoms with van der Waals surface area (Å²) < 4.78 is 0. The van der Waals surface area contributed by atoms with Crippen LogP contribution in [0.3, 0.4) is 0 Å². The Hall–Kier alpha value is -0.860.